The molecule has 0 spiro atoms. The van der Waals surface area contributed by atoms with E-state index in [2.05, 4.69) is 0 Å². The third-order valence-electron chi connectivity index (χ3n) is 3.34. The predicted molar refractivity (Wildman–Crippen MR) is 86.2 cm³/mol. The average Bonchev–Trinajstić information content (AvgIpc) is 2.56. The fourth-order valence-electron chi connectivity index (χ4n) is 2.20. The van der Waals surface area contributed by atoms with Gasteiger partial charge in [0, 0.05) is 6.07 Å². The minimum absolute atomic E-state index is 0.104. The van der Waals surface area contributed by atoms with Gasteiger partial charge in [-0.15, -0.1) is 0 Å². The summed E-state index contributed by atoms with van der Waals surface area (Å²) in [6, 6.07) is 19.8. The molecule has 0 aliphatic rings. The van der Waals surface area contributed by atoms with Gasteiger partial charge in [-0.25, -0.2) is 0 Å². The fourth-order valence-corrected chi connectivity index (χ4v) is 2.20. The Bertz CT molecular complexity index is 841. The van der Waals surface area contributed by atoms with Crippen LogP contribution in [-0.2, 0) is 0 Å². The van der Waals surface area contributed by atoms with Gasteiger partial charge in [0.1, 0.15) is 23.0 Å². The lowest BCUT2D eigenvalue weighted by Gasteiger charge is -2.09. The number of hydrogen-bond acceptors (Lipinski definition) is 4. The minimum Gasteiger partial charge on any atom is -0.507 e. The van der Waals surface area contributed by atoms with E-state index < -0.39 is 5.78 Å². The number of rotatable bonds is 4. The number of ether oxygens (including phenoxy) is 1. The van der Waals surface area contributed by atoms with Gasteiger partial charge in [0.2, 0.25) is 0 Å². The van der Waals surface area contributed by atoms with Crippen LogP contribution in [0.5, 0.6) is 23.0 Å². The average molecular weight is 306 g/mol. The first-order valence-corrected chi connectivity index (χ1v) is 7.04. The van der Waals surface area contributed by atoms with Crippen LogP contribution in [0.4, 0.5) is 0 Å². The number of hydrogen-bond donors (Lipinski definition) is 2. The van der Waals surface area contributed by atoms with Crippen LogP contribution in [0.2, 0.25) is 0 Å². The van der Waals surface area contributed by atoms with Gasteiger partial charge in [0.05, 0.1) is 11.1 Å². The zero-order valence-corrected chi connectivity index (χ0v) is 12.1. The summed E-state index contributed by atoms with van der Waals surface area (Å²) in [5.41, 5.74) is 0.242. The molecule has 0 amide bonds. The van der Waals surface area contributed by atoms with Gasteiger partial charge in [-0.1, -0.05) is 30.3 Å². The zero-order chi connectivity index (χ0) is 16.2. The van der Waals surface area contributed by atoms with Gasteiger partial charge in [-0.2, -0.15) is 0 Å². The van der Waals surface area contributed by atoms with Gasteiger partial charge in [0.15, 0.2) is 5.78 Å². The third-order valence-corrected chi connectivity index (χ3v) is 3.34. The Kier molecular flexibility index (Phi) is 3.97. The summed E-state index contributed by atoms with van der Waals surface area (Å²) in [4.78, 5) is 12.4. The Morgan fingerprint density at radius 1 is 0.696 bits per heavy atom. The molecule has 3 rings (SSSR count). The second-order valence-corrected chi connectivity index (χ2v) is 4.94. The largest absolute Gasteiger partial charge is 0.507 e. The molecule has 2 N–H and O–H groups in total. The summed E-state index contributed by atoms with van der Waals surface area (Å²) in [5, 5.41) is 19.9. The molecule has 0 unspecified atom stereocenters. The first-order chi connectivity index (χ1) is 11.1. The number of carbonyl (C=O) groups excluding carboxylic acids is 1. The van der Waals surface area contributed by atoms with Crippen molar-refractivity contribution >= 4 is 5.78 Å². The maximum absolute atomic E-state index is 12.4. The lowest BCUT2D eigenvalue weighted by molar-refractivity contribution is 0.103. The maximum atomic E-state index is 12.4. The third kappa shape index (κ3) is 3.16. The number of para-hydroxylation sites is 2. The molecular weight excluding hydrogens is 292 g/mol. The standard InChI is InChI=1S/C19H14O4/c20-17-9-5-4-8-15(17)19(22)16-11-10-14(12-18(16)21)23-13-6-2-1-3-7-13/h1-12,20-21H. The summed E-state index contributed by atoms with van der Waals surface area (Å²) in [5.74, 6) is 0.272. The second-order valence-electron chi connectivity index (χ2n) is 4.94. The highest BCUT2D eigenvalue weighted by Gasteiger charge is 2.17. The molecule has 3 aromatic carbocycles. The Morgan fingerprint density at radius 3 is 2.04 bits per heavy atom. The summed E-state index contributed by atoms with van der Waals surface area (Å²) >= 11 is 0. The van der Waals surface area contributed by atoms with Gasteiger partial charge >= 0.3 is 0 Å². The topological polar surface area (TPSA) is 66.8 Å². The van der Waals surface area contributed by atoms with Crippen molar-refractivity contribution in [2.45, 2.75) is 0 Å². The van der Waals surface area contributed by atoms with E-state index in [1.807, 2.05) is 18.2 Å². The highest BCUT2D eigenvalue weighted by atomic mass is 16.5. The monoisotopic (exact) mass is 306 g/mol. The van der Waals surface area contributed by atoms with Crippen LogP contribution in [0.25, 0.3) is 0 Å². The van der Waals surface area contributed by atoms with E-state index in [0.717, 1.165) is 0 Å². The fraction of sp³-hybridized carbons (Fsp3) is 0. The van der Waals surface area contributed by atoms with E-state index in [9.17, 15) is 15.0 Å². The molecule has 0 saturated carbocycles. The van der Waals surface area contributed by atoms with Crippen molar-refractivity contribution in [3.63, 3.8) is 0 Å². The van der Waals surface area contributed by atoms with Crippen LogP contribution in [0.1, 0.15) is 15.9 Å². The smallest absolute Gasteiger partial charge is 0.200 e. The Labute approximate surface area is 133 Å². The van der Waals surface area contributed by atoms with Crippen LogP contribution >= 0.6 is 0 Å². The summed E-state index contributed by atoms with van der Waals surface area (Å²) in [6.45, 7) is 0. The Morgan fingerprint density at radius 2 is 1.35 bits per heavy atom. The SMILES string of the molecule is O=C(c1ccccc1O)c1ccc(Oc2ccccc2)cc1O. The summed E-state index contributed by atoms with van der Waals surface area (Å²) < 4.78 is 5.60. The van der Waals surface area contributed by atoms with Gasteiger partial charge in [-0.3, -0.25) is 4.79 Å². The number of ketones is 1. The molecule has 0 aliphatic heterocycles. The van der Waals surface area contributed by atoms with Crippen LogP contribution in [0, 0.1) is 0 Å². The number of benzene rings is 3. The second kappa shape index (κ2) is 6.23. The number of phenolic OH excluding ortho intramolecular Hbond substituents is 2. The highest BCUT2D eigenvalue weighted by molar-refractivity contribution is 6.12. The highest BCUT2D eigenvalue weighted by Crippen LogP contribution is 2.30. The van der Waals surface area contributed by atoms with Crippen LogP contribution < -0.4 is 4.74 Å². The van der Waals surface area contributed by atoms with Gasteiger partial charge in [0.25, 0.3) is 0 Å². The van der Waals surface area contributed by atoms with Gasteiger partial charge in [-0.05, 0) is 36.4 Å². The van der Waals surface area contributed by atoms with Crippen molar-refractivity contribution in [1.82, 2.24) is 0 Å². The molecule has 0 bridgehead atoms. The van der Waals surface area contributed by atoms with Crippen LogP contribution in [0.3, 0.4) is 0 Å². The first-order valence-electron chi connectivity index (χ1n) is 7.04. The van der Waals surface area contributed by atoms with E-state index in [0.29, 0.717) is 11.5 Å². The van der Waals surface area contributed by atoms with E-state index >= 15 is 0 Å². The molecule has 4 heteroatoms. The lowest BCUT2D eigenvalue weighted by Crippen LogP contribution is -2.02. The van der Waals surface area contributed by atoms with Crippen molar-refractivity contribution < 1.29 is 19.7 Å². The van der Waals surface area contributed by atoms with E-state index in [4.69, 9.17) is 4.74 Å². The predicted octanol–water partition coefficient (Wildman–Crippen LogP) is 4.12. The van der Waals surface area contributed by atoms with Crippen LogP contribution in [0.15, 0.2) is 72.8 Å². The van der Waals surface area contributed by atoms with Crippen LogP contribution in [-0.4, -0.2) is 16.0 Å². The van der Waals surface area contributed by atoms with Crippen molar-refractivity contribution in [1.29, 1.82) is 0 Å². The van der Waals surface area contributed by atoms with E-state index in [-0.39, 0.29) is 22.6 Å². The summed E-state index contributed by atoms with van der Waals surface area (Å²) in [6.07, 6.45) is 0. The molecular formula is C19H14O4. The van der Waals surface area contributed by atoms with Crippen molar-refractivity contribution in [2.24, 2.45) is 0 Å². The molecule has 0 heterocycles. The molecule has 4 nitrogen and oxygen atoms in total. The number of phenols is 2. The molecule has 114 valence electrons. The van der Waals surface area contributed by atoms with E-state index in [1.54, 1.807) is 30.3 Å². The molecule has 0 fully saturated rings. The first kappa shape index (κ1) is 14.7. The molecule has 0 aromatic heterocycles. The molecule has 0 aliphatic carbocycles. The normalized spacial score (nSPS) is 10.3. The van der Waals surface area contributed by atoms with Crippen molar-refractivity contribution in [3.8, 4) is 23.0 Å². The lowest BCUT2D eigenvalue weighted by atomic mass is 10.0. The quantitative estimate of drug-likeness (QED) is 0.711. The maximum Gasteiger partial charge on any atom is 0.200 e. The number of carbonyl (C=O) groups is 1. The van der Waals surface area contributed by atoms with E-state index in [1.165, 1.54) is 24.3 Å². The summed E-state index contributed by atoms with van der Waals surface area (Å²) in [7, 11) is 0. The molecule has 0 radical (unpaired) electrons. The van der Waals surface area contributed by atoms with Crippen molar-refractivity contribution in [2.75, 3.05) is 0 Å². The minimum atomic E-state index is -0.452. The van der Waals surface area contributed by atoms with Gasteiger partial charge < -0.3 is 14.9 Å². The number of aromatic hydroxyl groups is 2. The zero-order valence-electron chi connectivity index (χ0n) is 12.1. The molecule has 0 saturated heterocycles. The Balaban J connectivity index is 1.88. The molecule has 23 heavy (non-hydrogen) atoms. The molecule has 0 atom stereocenters. The Hall–Kier alpha value is -3.27. The molecule has 3 aromatic rings. The van der Waals surface area contributed by atoms with Crippen molar-refractivity contribution in [3.05, 3.63) is 83.9 Å².